The van der Waals surface area contributed by atoms with E-state index in [9.17, 15) is 9.18 Å². The van der Waals surface area contributed by atoms with E-state index < -0.39 is 17.2 Å². The Balaban J connectivity index is 2.46. The zero-order valence-electron chi connectivity index (χ0n) is 11.1. The molecule has 0 aromatic heterocycles. The van der Waals surface area contributed by atoms with Gasteiger partial charge in [0, 0.05) is 24.8 Å². The van der Waals surface area contributed by atoms with Crippen LogP contribution < -0.4 is 4.74 Å². The Kier molecular flexibility index (Phi) is 4.04. The Labute approximate surface area is 111 Å². The minimum Gasteiger partial charge on any atom is -0.497 e. The van der Waals surface area contributed by atoms with Gasteiger partial charge in [-0.3, -0.25) is 4.79 Å². The standard InChI is InChI=1S/C14H17FO4/c1-17-10-3-4-11(12(15)9-10)14(13(16)18-2)5-7-19-8-6-14/h3-4,9H,5-8H2,1-2H3. The molecule has 0 spiro atoms. The van der Waals surface area contributed by atoms with Crippen LogP contribution in [-0.4, -0.2) is 33.4 Å². The smallest absolute Gasteiger partial charge is 0.316 e. The molecule has 1 aliphatic rings. The third kappa shape index (κ3) is 2.42. The molecule has 1 aromatic rings. The zero-order chi connectivity index (χ0) is 13.9. The highest BCUT2D eigenvalue weighted by Crippen LogP contribution is 2.38. The minimum absolute atomic E-state index is 0.350. The average Bonchev–Trinajstić information content (AvgIpc) is 2.46. The molecule has 0 atom stereocenters. The minimum atomic E-state index is -0.955. The normalized spacial score (nSPS) is 17.8. The topological polar surface area (TPSA) is 44.8 Å². The highest BCUT2D eigenvalue weighted by atomic mass is 19.1. The van der Waals surface area contributed by atoms with Crippen LogP contribution in [0.3, 0.4) is 0 Å². The van der Waals surface area contributed by atoms with E-state index in [1.165, 1.54) is 20.3 Å². The summed E-state index contributed by atoms with van der Waals surface area (Å²) >= 11 is 0. The van der Waals surface area contributed by atoms with Gasteiger partial charge >= 0.3 is 5.97 Å². The summed E-state index contributed by atoms with van der Waals surface area (Å²) in [7, 11) is 2.79. The Morgan fingerprint density at radius 1 is 1.32 bits per heavy atom. The fourth-order valence-corrected chi connectivity index (χ4v) is 2.51. The molecule has 0 N–H and O–H groups in total. The van der Waals surface area contributed by atoms with Crippen LogP contribution in [0.1, 0.15) is 18.4 Å². The number of ether oxygens (including phenoxy) is 3. The highest BCUT2D eigenvalue weighted by molar-refractivity contribution is 5.83. The molecule has 0 amide bonds. The molecule has 19 heavy (non-hydrogen) atoms. The summed E-state index contributed by atoms with van der Waals surface area (Å²) in [5, 5.41) is 0. The van der Waals surface area contributed by atoms with Gasteiger partial charge in [-0.25, -0.2) is 4.39 Å². The van der Waals surface area contributed by atoms with Gasteiger partial charge in [-0.15, -0.1) is 0 Å². The van der Waals surface area contributed by atoms with Crippen molar-refractivity contribution in [3.8, 4) is 5.75 Å². The second-order valence-electron chi connectivity index (χ2n) is 4.53. The van der Waals surface area contributed by atoms with Crippen molar-refractivity contribution >= 4 is 5.97 Å². The summed E-state index contributed by atoms with van der Waals surface area (Å²) in [6, 6.07) is 4.53. The van der Waals surface area contributed by atoms with E-state index in [1.54, 1.807) is 12.1 Å². The summed E-state index contributed by atoms with van der Waals surface area (Å²) in [6.45, 7) is 0.834. The molecule has 104 valence electrons. The number of carbonyl (C=O) groups excluding carboxylic acids is 1. The maximum Gasteiger partial charge on any atom is 0.316 e. The third-order valence-electron chi connectivity index (χ3n) is 3.61. The fourth-order valence-electron chi connectivity index (χ4n) is 2.51. The fraction of sp³-hybridized carbons (Fsp3) is 0.500. The largest absolute Gasteiger partial charge is 0.497 e. The first kappa shape index (κ1) is 13.8. The summed E-state index contributed by atoms with van der Waals surface area (Å²) in [6.07, 6.45) is 0.839. The van der Waals surface area contributed by atoms with E-state index in [1.807, 2.05) is 0 Å². The van der Waals surface area contributed by atoms with Crippen LogP contribution in [0.2, 0.25) is 0 Å². The van der Waals surface area contributed by atoms with Gasteiger partial charge in [0.25, 0.3) is 0 Å². The van der Waals surface area contributed by atoms with Gasteiger partial charge in [-0.1, -0.05) is 6.07 Å². The molecular weight excluding hydrogens is 251 g/mol. The average molecular weight is 268 g/mol. The predicted molar refractivity (Wildman–Crippen MR) is 66.7 cm³/mol. The third-order valence-corrected chi connectivity index (χ3v) is 3.61. The van der Waals surface area contributed by atoms with Crippen molar-refractivity contribution < 1.29 is 23.4 Å². The second-order valence-corrected chi connectivity index (χ2v) is 4.53. The van der Waals surface area contributed by atoms with E-state index in [0.717, 1.165) is 0 Å². The van der Waals surface area contributed by atoms with Crippen molar-refractivity contribution in [1.29, 1.82) is 0 Å². The molecule has 1 fully saturated rings. The van der Waals surface area contributed by atoms with E-state index >= 15 is 0 Å². The van der Waals surface area contributed by atoms with Crippen LogP contribution in [0.4, 0.5) is 4.39 Å². The summed E-state index contributed by atoms with van der Waals surface area (Å²) in [4.78, 5) is 12.1. The molecule has 0 bridgehead atoms. The Morgan fingerprint density at radius 2 is 2.00 bits per heavy atom. The van der Waals surface area contributed by atoms with E-state index in [4.69, 9.17) is 14.2 Å². The molecule has 5 heteroatoms. The van der Waals surface area contributed by atoms with Crippen molar-refractivity contribution in [2.45, 2.75) is 18.3 Å². The lowest BCUT2D eigenvalue weighted by atomic mass is 9.74. The van der Waals surface area contributed by atoms with Gasteiger partial charge < -0.3 is 14.2 Å². The molecule has 0 aliphatic carbocycles. The molecule has 2 rings (SSSR count). The summed E-state index contributed by atoms with van der Waals surface area (Å²) in [5.41, 5.74) is -0.605. The number of halogens is 1. The maximum atomic E-state index is 14.2. The molecule has 1 heterocycles. The number of esters is 1. The quantitative estimate of drug-likeness (QED) is 0.787. The lowest BCUT2D eigenvalue weighted by Crippen LogP contribution is -2.42. The molecular formula is C14H17FO4. The molecule has 1 aromatic carbocycles. The second kappa shape index (κ2) is 5.57. The van der Waals surface area contributed by atoms with Gasteiger partial charge in [-0.2, -0.15) is 0 Å². The van der Waals surface area contributed by atoms with Crippen molar-refractivity contribution in [3.05, 3.63) is 29.6 Å². The van der Waals surface area contributed by atoms with Crippen LogP contribution in [0.5, 0.6) is 5.75 Å². The number of rotatable bonds is 3. The van der Waals surface area contributed by atoms with Crippen molar-refractivity contribution in [3.63, 3.8) is 0 Å². The van der Waals surface area contributed by atoms with Crippen molar-refractivity contribution in [2.24, 2.45) is 0 Å². The number of carbonyl (C=O) groups is 1. The SMILES string of the molecule is COC(=O)C1(c2ccc(OC)cc2F)CCOCC1. The highest BCUT2D eigenvalue weighted by Gasteiger charge is 2.44. The molecule has 1 saturated heterocycles. The first-order chi connectivity index (χ1) is 9.14. The lowest BCUT2D eigenvalue weighted by molar-refractivity contribution is -0.151. The van der Waals surface area contributed by atoms with Crippen LogP contribution in [0.15, 0.2) is 18.2 Å². The van der Waals surface area contributed by atoms with Crippen LogP contribution in [0, 0.1) is 5.82 Å². The number of hydrogen-bond acceptors (Lipinski definition) is 4. The summed E-state index contributed by atoms with van der Waals surface area (Å²) in [5.74, 6) is -0.445. The first-order valence-electron chi connectivity index (χ1n) is 6.14. The molecule has 1 aliphatic heterocycles. The molecule has 4 nitrogen and oxygen atoms in total. The van der Waals surface area contributed by atoms with Crippen molar-refractivity contribution in [1.82, 2.24) is 0 Å². The number of benzene rings is 1. The van der Waals surface area contributed by atoms with Crippen molar-refractivity contribution in [2.75, 3.05) is 27.4 Å². The lowest BCUT2D eigenvalue weighted by Gasteiger charge is -2.35. The van der Waals surface area contributed by atoms with Gasteiger partial charge in [0.2, 0.25) is 0 Å². The predicted octanol–water partition coefficient (Wildman–Crippen LogP) is 2.06. The summed E-state index contributed by atoms with van der Waals surface area (Å²) < 4.78 is 29.3. The van der Waals surface area contributed by atoms with E-state index in [2.05, 4.69) is 0 Å². The zero-order valence-corrected chi connectivity index (χ0v) is 11.1. The van der Waals surface area contributed by atoms with Crippen LogP contribution in [0.25, 0.3) is 0 Å². The first-order valence-corrected chi connectivity index (χ1v) is 6.14. The van der Waals surface area contributed by atoms with Gasteiger partial charge in [0.05, 0.1) is 14.2 Å². The Hall–Kier alpha value is -1.62. The van der Waals surface area contributed by atoms with Gasteiger partial charge in [0.15, 0.2) is 0 Å². The Morgan fingerprint density at radius 3 is 2.53 bits per heavy atom. The van der Waals surface area contributed by atoms with E-state index in [-0.39, 0.29) is 0 Å². The molecule has 0 unspecified atom stereocenters. The van der Waals surface area contributed by atoms with Gasteiger partial charge in [0.1, 0.15) is 17.0 Å². The Bertz CT molecular complexity index is 467. The monoisotopic (exact) mass is 268 g/mol. The maximum absolute atomic E-state index is 14.2. The van der Waals surface area contributed by atoms with Gasteiger partial charge in [-0.05, 0) is 18.9 Å². The van der Waals surface area contributed by atoms with Crippen LogP contribution in [-0.2, 0) is 19.7 Å². The molecule has 0 radical (unpaired) electrons. The van der Waals surface area contributed by atoms with E-state index in [0.29, 0.717) is 37.4 Å². The number of hydrogen-bond donors (Lipinski definition) is 0. The molecule has 0 saturated carbocycles. The number of methoxy groups -OCH3 is 2. The van der Waals surface area contributed by atoms with Crippen LogP contribution >= 0.6 is 0 Å².